The van der Waals surface area contributed by atoms with Crippen LogP contribution in [0, 0.1) is 0 Å². The van der Waals surface area contributed by atoms with Gasteiger partial charge in [0, 0.05) is 16.2 Å². The lowest BCUT2D eigenvalue weighted by Gasteiger charge is -2.27. The topological polar surface area (TPSA) is 12.0 Å². The fourth-order valence-corrected chi connectivity index (χ4v) is 1.60. The first-order valence-corrected chi connectivity index (χ1v) is 5.16. The van der Waals surface area contributed by atoms with Crippen LogP contribution in [0.3, 0.4) is 0 Å². The Balaban J connectivity index is 0.000000845. The highest BCUT2D eigenvalue weighted by Crippen LogP contribution is 2.23. The molecule has 1 fully saturated rings. The summed E-state index contributed by atoms with van der Waals surface area (Å²) in [7, 11) is 0. The first-order valence-electron chi connectivity index (χ1n) is 4.37. The van der Waals surface area contributed by atoms with Crippen LogP contribution in [0.5, 0.6) is 0 Å². The molecule has 0 aliphatic heterocycles. The summed E-state index contributed by atoms with van der Waals surface area (Å²) in [5.41, 5.74) is 1.24. The minimum Gasteiger partial charge on any atom is -0.382 e. The number of hydrogen-bond donors (Lipinski definition) is 1. The molecule has 3 heteroatoms. The summed E-state index contributed by atoms with van der Waals surface area (Å²) in [6.45, 7) is 0. The van der Waals surface area contributed by atoms with Crippen molar-refractivity contribution in [3.63, 3.8) is 0 Å². The second kappa shape index (κ2) is 4.87. The van der Waals surface area contributed by atoms with Crippen molar-refractivity contribution in [2.24, 2.45) is 0 Å². The molecule has 1 aromatic carbocycles. The van der Waals surface area contributed by atoms with Crippen molar-refractivity contribution in [1.82, 2.24) is 0 Å². The van der Waals surface area contributed by atoms with Crippen molar-refractivity contribution in [2.45, 2.75) is 25.3 Å². The molecule has 1 saturated carbocycles. The standard InChI is InChI=1S/C10H12BrN.ClH/c11-8-4-6-10(7-5-8)12-9-2-1-3-9;/h4-7,9,12H,1-3H2;1H. The molecule has 1 N–H and O–H groups in total. The molecule has 0 amide bonds. The quantitative estimate of drug-likeness (QED) is 0.854. The fraction of sp³-hybridized carbons (Fsp3) is 0.400. The van der Waals surface area contributed by atoms with Crippen molar-refractivity contribution >= 4 is 34.0 Å². The normalized spacial score (nSPS) is 15.8. The molecule has 0 saturated heterocycles. The summed E-state index contributed by atoms with van der Waals surface area (Å²) in [6.07, 6.45) is 4.04. The summed E-state index contributed by atoms with van der Waals surface area (Å²) < 4.78 is 1.14. The van der Waals surface area contributed by atoms with Gasteiger partial charge in [0.15, 0.2) is 0 Å². The van der Waals surface area contributed by atoms with Crippen LogP contribution in [0.1, 0.15) is 19.3 Å². The van der Waals surface area contributed by atoms with Crippen LogP contribution < -0.4 is 5.32 Å². The third kappa shape index (κ3) is 2.89. The number of benzene rings is 1. The first kappa shape index (κ1) is 10.9. The molecule has 0 spiro atoms. The monoisotopic (exact) mass is 261 g/mol. The number of rotatable bonds is 2. The maximum Gasteiger partial charge on any atom is 0.0343 e. The largest absolute Gasteiger partial charge is 0.382 e. The molecular formula is C10H13BrClN. The van der Waals surface area contributed by atoms with Gasteiger partial charge >= 0.3 is 0 Å². The van der Waals surface area contributed by atoms with Gasteiger partial charge in [-0.05, 0) is 43.5 Å². The number of halogens is 2. The van der Waals surface area contributed by atoms with Crippen molar-refractivity contribution in [2.75, 3.05) is 5.32 Å². The third-order valence-corrected chi connectivity index (χ3v) is 2.85. The van der Waals surface area contributed by atoms with Gasteiger partial charge in [0.25, 0.3) is 0 Å². The predicted octanol–water partition coefficient (Wildman–Crippen LogP) is 3.84. The second-order valence-corrected chi connectivity index (χ2v) is 4.19. The zero-order valence-corrected chi connectivity index (χ0v) is 9.70. The second-order valence-electron chi connectivity index (χ2n) is 3.28. The average molecular weight is 263 g/mol. The van der Waals surface area contributed by atoms with E-state index in [0.717, 1.165) is 10.5 Å². The average Bonchev–Trinajstić information content (AvgIpc) is 2.00. The van der Waals surface area contributed by atoms with E-state index in [1.807, 2.05) is 0 Å². The van der Waals surface area contributed by atoms with Gasteiger partial charge in [-0.3, -0.25) is 0 Å². The van der Waals surface area contributed by atoms with Crippen molar-refractivity contribution in [1.29, 1.82) is 0 Å². The maximum absolute atomic E-state index is 3.48. The third-order valence-electron chi connectivity index (χ3n) is 2.32. The molecule has 1 aromatic rings. The van der Waals surface area contributed by atoms with E-state index in [4.69, 9.17) is 0 Å². The summed E-state index contributed by atoms with van der Waals surface area (Å²) >= 11 is 3.41. The van der Waals surface area contributed by atoms with Gasteiger partial charge in [-0.25, -0.2) is 0 Å². The fourth-order valence-electron chi connectivity index (χ4n) is 1.33. The molecule has 1 aliphatic rings. The van der Waals surface area contributed by atoms with Crippen LogP contribution in [0.2, 0.25) is 0 Å². The molecule has 1 aliphatic carbocycles. The Morgan fingerprint density at radius 2 is 1.77 bits per heavy atom. The van der Waals surface area contributed by atoms with Gasteiger partial charge in [-0.15, -0.1) is 12.4 Å². The van der Waals surface area contributed by atoms with Crippen LogP contribution in [0.15, 0.2) is 28.7 Å². The van der Waals surface area contributed by atoms with Gasteiger partial charge in [-0.1, -0.05) is 15.9 Å². The number of anilines is 1. The van der Waals surface area contributed by atoms with E-state index < -0.39 is 0 Å². The lowest BCUT2D eigenvalue weighted by molar-refractivity contribution is 0.445. The molecule has 0 heterocycles. The van der Waals surface area contributed by atoms with Crippen LogP contribution in [-0.2, 0) is 0 Å². The van der Waals surface area contributed by atoms with Crippen molar-refractivity contribution in [3.8, 4) is 0 Å². The van der Waals surface area contributed by atoms with E-state index in [-0.39, 0.29) is 12.4 Å². The van der Waals surface area contributed by atoms with Gasteiger partial charge in [0.2, 0.25) is 0 Å². The molecule has 0 radical (unpaired) electrons. The minimum absolute atomic E-state index is 0. The van der Waals surface area contributed by atoms with Crippen LogP contribution in [0.4, 0.5) is 5.69 Å². The predicted molar refractivity (Wildman–Crippen MR) is 62.7 cm³/mol. The molecule has 0 unspecified atom stereocenters. The smallest absolute Gasteiger partial charge is 0.0343 e. The van der Waals surface area contributed by atoms with E-state index in [9.17, 15) is 0 Å². The molecule has 13 heavy (non-hydrogen) atoms. The number of nitrogens with one attached hydrogen (secondary N) is 1. The molecule has 0 bridgehead atoms. The maximum atomic E-state index is 3.48. The van der Waals surface area contributed by atoms with E-state index in [0.29, 0.717) is 0 Å². The Bertz CT molecular complexity index is 256. The van der Waals surface area contributed by atoms with Gasteiger partial charge < -0.3 is 5.32 Å². The van der Waals surface area contributed by atoms with Gasteiger partial charge in [-0.2, -0.15) is 0 Å². The van der Waals surface area contributed by atoms with Gasteiger partial charge in [0.1, 0.15) is 0 Å². The van der Waals surface area contributed by atoms with Crippen LogP contribution >= 0.6 is 28.3 Å². The minimum atomic E-state index is 0. The highest BCUT2D eigenvalue weighted by atomic mass is 79.9. The Labute approximate surface area is 93.5 Å². The lowest BCUT2D eigenvalue weighted by atomic mass is 9.93. The van der Waals surface area contributed by atoms with E-state index in [2.05, 4.69) is 45.5 Å². The highest BCUT2D eigenvalue weighted by Gasteiger charge is 2.16. The molecule has 0 atom stereocenters. The zero-order valence-electron chi connectivity index (χ0n) is 7.29. The van der Waals surface area contributed by atoms with E-state index in [1.54, 1.807) is 0 Å². The lowest BCUT2D eigenvalue weighted by Crippen LogP contribution is -2.26. The Morgan fingerprint density at radius 1 is 1.15 bits per heavy atom. The Kier molecular flexibility index (Phi) is 4.07. The van der Waals surface area contributed by atoms with Crippen molar-refractivity contribution < 1.29 is 0 Å². The highest BCUT2D eigenvalue weighted by molar-refractivity contribution is 9.10. The molecule has 1 nitrogen and oxygen atoms in total. The Hall–Kier alpha value is -0.210. The van der Waals surface area contributed by atoms with Crippen LogP contribution in [0.25, 0.3) is 0 Å². The molecule has 72 valence electrons. The molecular weight excluding hydrogens is 249 g/mol. The number of hydrogen-bond acceptors (Lipinski definition) is 1. The summed E-state index contributed by atoms with van der Waals surface area (Å²) in [4.78, 5) is 0. The van der Waals surface area contributed by atoms with Gasteiger partial charge in [0.05, 0.1) is 0 Å². The SMILES string of the molecule is Brc1ccc(NC2CCC2)cc1.Cl. The summed E-state index contributed by atoms with van der Waals surface area (Å²) in [5.74, 6) is 0. The van der Waals surface area contributed by atoms with E-state index >= 15 is 0 Å². The summed E-state index contributed by atoms with van der Waals surface area (Å²) in [5, 5.41) is 3.48. The van der Waals surface area contributed by atoms with E-state index in [1.165, 1.54) is 24.9 Å². The molecule has 2 rings (SSSR count). The first-order chi connectivity index (χ1) is 5.84. The molecule has 0 aromatic heterocycles. The zero-order chi connectivity index (χ0) is 8.39. The van der Waals surface area contributed by atoms with Crippen LogP contribution in [-0.4, -0.2) is 6.04 Å². The van der Waals surface area contributed by atoms with Crippen molar-refractivity contribution in [3.05, 3.63) is 28.7 Å². The summed E-state index contributed by atoms with van der Waals surface area (Å²) in [6, 6.07) is 9.10. The Morgan fingerprint density at radius 3 is 2.23 bits per heavy atom.